The lowest BCUT2D eigenvalue weighted by molar-refractivity contribution is 0.0599. The molecule has 6 heteroatoms. The maximum Gasteiger partial charge on any atom is 0.339 e. The van der Waals surface area contributed by atoms with Gasteiger partial charge >= 0.3 is 5.97 Å². The minimum Gasteiger partial charge on any atom is -0.493 e. The van der Waals surface area contributed by atoms with Crippen molar-refractivity contribution in [2.75, 3.05) is 20.8 Å². The van der Waals surface area contributed by atoms with Gasteiger partial charge in [-0.2, -0.15) is 0 Å². The second kappa shape index (κ2) is 8.38. The number of H-pyrrole nitrogens is 1. The van der Waals surface area contributed by atoms with Crippen LogP contribution in [-0.2, 0) is 4.74 Å². The molecule has 2 rings (SSSR count). The molecule has 26 heavy (non-hydrogen) atoms. The molecule has 0 aliphatic heterocycles. The summed E-state index contributed by atoms with van der Waals surface area (Å²) in [5.41, 5.74) is 2.84. The highest BCUT2D eigenvalue weighted by Gasteiger charge is 2.22. The average Bonchev–Trinajstić information content (AvgIpc) is 2.94. The van der Waals surface area contributed by atoms with Gasteiger partial charge in [0, 0.05) is 5.69 Å². The first-order valence-electron chi connectivity index (χ1n) is 8.17. The van der Waals surface area contributed by atoms with E-state index in [1.165, 1.54) is 7.11 Å². The van der Waals surface area contributed by atoms with E-state index >= 15 is 0 Å². The summed E-state index contributed by atoms with van der Waals surface area (Å²) in [4.78, 5) is 27.3. The van der Waals surface area contributed by atoms with E-state index in [2.05, 4.69) is 4.98 Å². The number of carbonyl (C=O) groups excluding carboxylic acids is 2. The monoisotopic (exact) mass is 357 g/mol. The molecule has 0 fully saturated rings. The highest BCUT2D eigenvalue weighted by molar-refractivity contribution is 6.02. The third-order valence-corrected chi connectivity index (χ3v) is 4.01. The summed E-state index contributed by atoms with van der Waals surface area (Å²) in [6.07, 6.45) is 3.87. The Kier molecular flexibility index (Phi) is 6.22. The molecular formula is C20H23NO5. The minimum absolute atomic E-state index is 0.180. The average molecular weight is 357 g/mol. The van der Waals surface area contributed by atoms with Crippen molar-refractivity contribution in [1.82, 2.24) is 4.98 Å². The van der Waals surface area contributed by atoms with Crippen LogP contribution in [0.15, 0.2) is 24.3 Å². The number of hydrogen-bond donors (Lipinski definition) is 1. The Labute approximate surface area is 152 Å². The number of Topliss-reactive ketones (excluding diaryl/α,β-unsaturated/α-hetero) is 1. The van der Waals surface area contributed by atoms with Crippen LogP contribution in [0, 0.1) is 13.8 Å². The van der Waals surface area contributed by atoms with Gasteiger partial charge in [0.2, 0.25) is 5.78 Å². The fraction of sp³-hybridized carbons (Fsp3) is 0.300. The number of methoxy groups -OCH3 is 2. The minimum atomic E-state index is -0.475. The van der Waals surface area contributed by atoms with Gasteiger partial charge in [-0.15, -0.1) is 0 Å². The lowest BCUT2D eigenvalue weighted by Gasteiger charge is -2.11. The summed E-state index contributed by atoms with van der Waals surface area (Å²) in [5.74, 6) is 0.282. The van der Waals surface area contributed by atoms with Crippen LogP contribution in [0.2, 0.25) is 0 Å². The topological polar surface area (TPSA) is 77.6 Å². The van der Waals surface area contributed by atoms with Crippen LogP contribution >= 0.6 is 0 Å². The van der Waals surface area contributed by atoms with E-state index < -0.39 is 5.97 Å². The van der Waals surface area contributed by atoms with E-state index in [9.17, 15) is 9.59 Å². The van der Waals surface area contributed by atoms with Gasteiger partial charge in [-0.05, 0) is 44.0 Å². The molecule has 0 aliphatic rings. The Morgan fingerprint density at radius 2 is 1.88 bits per heavy atom. The van der Waals surface area contributed by atoms with E-state index in [1.54, 1.807) is 27.0 Å². The number of rotatable bonds is 7. The van der Waals surface area contributed by atoms with Gasteiger partial charge in [0.15, 0.2) is 18.1 Å². The summed E-state index contributed by atoms with van der Waals surface area (Å²) < 4.78 is 15.7. The number of aromatic nitrogens is 1. The molecule has 138 valence electrons. The summed E-state index contributed by atoms with van der Waals surface area (Å²) in [6.45, 7) is 5.18. The van der Waals surface area contributed by atoms with Gasteiger partial charge in [-0.3, -0.25) is 4.79 Å². The van der Waals surface area contributed by atoms with E-state index in [-0.39, 0.29) is 12.4 Å². The number of ether oxygens (including phenoxy) is 3. The number of benzene rings is 1. The van der Waals surface area contributed by atoms with Gasteiger partial charge in [-0.25, -0.2) is 4.79 Å². The van der Waals surface area contributed by atoms with Gasteiger partial charge in [0.1, 0.15) is 0 Å². The fourth-order valence-corrected chi connectivity index (χ4v) is 2.75. The van der Waals surface area contributed by atoms with Gasteiger partial charge in [0.05, 0.1) is 25.5 Å². The predicted molar refractivity (Wildman–Crippen MR) is 99.1 cm³/mol. The standard InChI is InChI=1S/C20H23NO5/c1-6-7-14-8-9-16(17(10-14)24-4)26-11-15(22)19-12(2)18(13(3)21-19)20(23)25-5/h6-10,21H,11H2,1-5H3/b7-6+. The van der Waals surface area contributed by atoms with Crippen LogP contribution in [0.5, 0.6) is 11.5 Å². The Hall–Kier alpha value is -3.02. The number of esters is 1. The number of allylic oxidation sites excluding steroid dienone is 1. The third kappa shape index (κ3) is 3.96. The molecule has 0 unspecified atom stereocenters. The van der Waals surface area contributed by atoms with Crippen molar-refractivity contribution < 1.29 is 23.8 Å². The van der Waals surface area contributed by atoms with E-state index in [4.69, 9.17) is 14.2 Å². The lowest BCUT2D eigenvalue weighted by Crippen LogP contribution is -2.14. The van der Waals surface area contributed by atoms with E-state index in [0.717, 1.165) is 5.56 Å². The van der Waals surface area contributed by atoms with E-state index in [0.29, 0.717) is 34.0 Å². The zero-order valence-electron chi connectivity index (χ0n) is 15.6. The molecule has 0 saturated carbocycles. The predicted octanol–water partition coefficient (Wildman–Crippen LogP) is 3.72. The van der Waals surface area contributed by atoms with Gasteiger partial charge in [0.25, 0.3) is 0 Å². The number of aryl methyl sites for hydroxylation is 1. The zero-order chi connectivity index (χ0) is 19.3. The number of hydrogen-bond acceptors (Lipinski definition) is 5. The smallest absolute Gasteiger partial charge is 0.339 e. The first-order valence-corrected chi connectivity index (χ1v) is 8.17. The number of ketones is 1. The molecule has 0 atom stereocenters. The van der Waals surface area contributed by atoms with Crippen LogP contribution in [0.25, 0.3) is 6.08 Å². The molecule has 0 aliphatic carbocycles. The van der Waals surface area contributed by atoms with Crippen molar-refractivity contribution in [3.63, 3.8) is 0 Å². The van der Waals surface area contributed by atoms with E-state index in [1.807, 2.05) is 31.2 Å². The Morgan fingerprint density at radius 1 is 1.15 bits per heavy atom. The van der Waals surface area contributed by atoms with Crippen molar-refractivity contribution >= 4 is 17.8 Å². The van der Waals surface area contributed by atoms with Gasteiger partial charge < -0.3 is 19.2 Å². The third-order valence-electron chi connectivity index (χ3n) is 4.01. The molecule has 1 heterocycles. The fourth-order valence-electron chi connectivity index (χ4n) is 2.75. The van der Waals surface area contributed by atoms with Crippen molar-refractivity contribution in [3.8, 4) is 11.5 Å². The molecule has 2 aromatic rings. The van der Waals surface area contributed by atoms with Crippen molar-refractivity contribution in [1.29, 1.82) is 0 Å². The second-order valence-electron chi connectivity index (χ2n) is 5.74. The summed E-state index contributed by atoms with van der Waals surface area (Å²) >= 11 is 0. The SMILES string of the molecule is C/C=C/c1ccc(OCC(=O)c2[nH]c(C)c(C(=O)OC)c2C)c(OC)c1. The van der Waals surface area contributed by atoms with Crippen LogP contribution in [-0.4, -0.2) is 37.6 Å². The largest absolute Gasteiger partial charge is 0.493 e. The van der Waals surface area contributed by atoms with Gasteiger partial charge in [-0.1, -0.05) is 18.2 Å². The normalized spacial score (nSPS) is 10.8. The number of nitrogens with one attached hydrogen (secondary N) is 1. The summed E-state index contributed by atoms with van der Waals surface area (Å²) in [6, 6.07) is 5.47. The van der Waals surface area contributed by atoms with Crippen LogP contribution in [0.3, 0.4) is 0 Å². The first-order chi connectivity index (χ1) is 12.4. The molecule has 0 amide bonds. The number of aromatic amines is 1. The molecule has 1 N–H and O–H groups in total. The van der Waals surface area contributed by atoms with Crippen molar-refractivity contribution in [3.05, 3.63) is 52.4 Å². The first kappa shape index (κ1) is 19.3. The summed E-state index contributed by atoms with van der Waals surface area (Å²) in [5, 5.41) is 0. The van der Waals surface area contributed by atoms with Crippen molar-refractivity contribution in [2.45, 2.75) is 20.8 Å². The second-order valence-corrected chi connectivity index (χ2v) is 5.74. The Morgan fingerprint density at radius 3 is 2.50 bits per heavy atom. The highest BCUT2D eigenvalue weighted by Crippen LogP contribution is 2.29. The zero-order valence-corrected chi connectivity index (χ0v) is 15.6. The molecule has 0 saturated heterocycles. The molecule has 1 aromatic carbocycles. The Bertz CT molecular complexity index is 848. The summed E-state index contributed by atoms with van der Waals surface area (Å²) in [7, 11) is 2.85. The maximum absolute atomic E-state index is 12.5. The number of carbonyl (C=O) groups is 2. The molecule has 6 nitrogen and oxygen atoms in total. The van der Waals surface area contributed by atoms with Crippen LogP contribution in [0.1, 0.15) is 44.6 Å². The lowest BCUT2D eigenvalue weighted by atomic mass is 10.1. The molecule has 0 bridgehead atoms. The molecule has 1 aromatic heterocycles. The van der Waals surface area contributed by atoms with Crippen LogP contribution < -0.4 is 9.47 Å². The van der Waals surface area contributed by atoms with Crippen molar-refractivity contribution in [2.24, 2.45) is 0 Å². The highest BCUT2D eigenvalue weighted by atomic mass is 16.5. The molecular weight excluding hydrogens is 334 g/mol. The quantitative estimate of drug-likeness (QED) is 0.603. The van der Waals surface area contributed by atoms with Crippen LogP contribution in [0.4, 0.5) is 0 Å². The maximum atomic E-state index is 12.5. The molecule has 0 spiro atoms. The molecule has 0 radical (unpaired) electrons. The Balaban J connectivity index is 2.18.